The van der Waals surface area contributed by atoms with E-state index >= 15 is 0 Å². The molecule has 2 rings (SSSR count). The van der Waals surface area contributed by atoms with Gasteiger partial charge in [0.2, 0.25) is 5.03 Å². The van der Waals surface area contributed by atoms with Crippen molar-refractivity contribution in [1.82, 2.24) is 4.98 Å². The Labute approximate surface area is 107 Å². The van der Waals surface area contributed by atoms with Gasteiger partial charge < -0.3 is 0 Å². The van der Waals surface area contributed by atoms with Crippen LogP contribution < -0.4 is 4.72 Å². The average molecular weight is 288 g/mol. The molecule has 0 amide bonds. The molecule has 0 unspecified atom stereocenters. The number of pyridine rings is 1. The summed E-state index contributed by atoms with van der Waals surface area (Å²) in [4.78, 5) is 3.39. The average Bonchev–Trinajstić information content (AvgIpc) is 2.34. The van der Waals surface area contributed by atoms with Crippen LogP contribution in [0.4, 0.5) is 18.9 Å². The number of anilines is 1. The monoisotopic (exact) mass is 288 g/mol. The summed E-state index contributed by atoms with van der Waals surface area (Å²) in [5.41, 5.74) is -0.232. The van der Waals surface area contributed by atoms with E-state index in [4.69, 9.17) is 0 Å². The number of hydrogen-bond donors (Lipinski definition) is 1. The van der Waals surface area contributed by atoms with Gasteiger partial charge in [0.05, 0.1) is 5.69 Å². The van der Waals surface area contributed by atoms with Crippen LogP contribution in [0.2, 0.25) is 0 Å². The van der Waals surface area contributed by atoms with Crippen LogP contribution >= 0.6 is 0 Å². The van der Waals surface area contributed by atoms with Crippen LogP contribution in [0.15, 0.2) is 41.6 Å². The summed E-state index contributed by atoms with van der Waals surface area (Å²) < 4.78 is 64.4. The second kappa shape index (κ2) is 4.88. The summed E-state index contributed by atoms with van der Waals surface area (Å²) >= 11 is 0. The number of halogens is 3. The first kappa shape index (κ1) is 13.3. The first-order chi connectivity index (χ1) is 8.90. The Bertz CT molecular complexity index is 720. The zero-order valence-corrected chi connectivity index (χ0v) is 10.1. The smallest absolute Gasteiger partial charge is 0.278 e. The Morgan fingerprint density at radius 1 is 1.00 bits per heavy atom. The van der Waals surface area contributed by atoms with Crippen molar-refractivity contribution in [2.45, 2.75) is 5.03 Å². The molecule has 4 nitrogen and oxygen atoms in total. The van der Waals surface area contributed by atoms with Crippen LogP contribution in [-0.4, -0.2) is 13.4 Å². The fraction of sp³-hybridized carbons (Fsp3) is 0. The Morgan fingerprint density at radius 2 is 1.74 bits per heavy atom. The number of rotatable bonds is 3. The molecule has 0 saturated carbocycles. The Kier molecular flexibility index (Phi) is 3.43. The van der Waals surface area contributed by atoms with E-state index in [-0.39, 0.29) is 5.69 Å². The molecule has 0 bridgehead atoms. The van der Waals surface area contributed by atoms with Gasteiger partial charge in [-0.15, -0.1) is 0 Å². The molecule has 100 valence electrons. The minimum Gasteiger partial charge on any atom is -0.278 e. The van der Waals surface area contributed by atoms with E-state index in [2.05, 4.69) is 4.98 Å². The number of sulfonamides is 1. The summed E-state index contributed by atoms with van der Waals surface area (Å²) in [6, 6.07) is 4.56. The predicted molar refractivity (Wildman–Crippen MR) is 61.4 cm³/mol. The topological polar surface area (TPSA) is 59.1 Å². The lowest BCUT2D eigenvalue weighted by Crippen LogP contribution is -2.16. The molecule has 0 radical (unpaired) electrons. The number of aromatic nitrogens is 1. The minimum absolute atomic E-state index is 0.232. The van der Waals surface area contributed by atoms with Crippen LogP contribution in [0.25, 0.3) is 0 Å². The van der Waals surface area contributed by atoms with Gasteiger partial charge in [-0.1, -0.05) is 0 Å². The van der Waals surface area contributed by atoms with Gasteiger partial charge in [-0.2, -0.15) is 8.42 Å². The normalized spacial score (nSPS) is 11.3. The summed E-state index contributed by atoms with van der Waals surface area (Å²) in [7, 11) is -4.30. The molecule has 2 aromatic rings. The van der Waals surface area contributed by atoms with Gasteiger partial charge in [-0.25, -0.2) is 18.2 Å². The number of nitrogens with zero attached hydrogens (tertiary/aromatic N) is 1. The van der Waals surface area contributed by atoms with Gasteiger partial charge in [-0.3, -0.25) is 4.72 Å². The van der Waals surface area contributed by atoms with Gasteiger partial charge in [-0.05, 0) is 24.3 Å². The summed E-state index contributed by atoms with van der Waals surface area (Å²) in [6.45, 7) is 0. The van der Waals surface area contributed by atoms with Crippen molar-refractivity contribution < 1.29 is 21.6 Å². The second-order valence-corrected chi connectivity index (χ2v) is 5.12. The van der Waals surface area contributed by atoms with Crippen molar-refractivity contribution in [2.24, 2.45) is 0 Å². The molecule has 0 saturated heterocycles. The highest BCUT2D eigenvalue weighted by molar-refractivity contribution is 7.92. The SMILES string of the molecule is O=S(=O)(Nc1ccc(F)c(F)c1)c1ncccc1F. The zero-order chi connectivity index (χ0) is 14.0. The number of nitrogens with one attached hydrogen (secondary N) is 1. The van der Waals surface area contributed by atoms with Crippen molar-refractivity contribution in [3.05, 3.63) is 54.0 Å². The van der Waals surface area contributed by atoms with Gasteiger partial charge in [0.25, 0.3) is 10.0 Å². The van der Waals surface area contributed by atoms with Crippen molar-refractivity contribution in [1.29, 1.82) is 0 Å². The predicted octanol–water partition coefficient (Wildman–Crippen LogP) is 2.30. The summed E-state index contributed by atoms with van der Waals surface area (Å²) in [5, 5.41) is -0.820. The van der Waals surface area contributed by atoms with Crippen LogP contribution in [0, 0.1) is 17.5 Å². The van der Waals surface area contributed by atoms with Crippen molar-refractivity contribution in [2.75, 3.05) is 4.72 Å². The maximum absolute atomic E-state index is 13.3. The van der Waals surface area contributed by atoms with E-state index in [1.165, 1.54) is 6.07 Å². The molecular weight excluding hydrogens is 281 g/mol. The Hall–Kier alpha value is -2.09. The molecule has 0 spiro atoms. The van der Waals surface area contributed by atoms with Crippen molar-refractivity contribution in [3.63, 3.8) is 0 Å². The zero-order valence-electron chi connectivity index (χ0n) is 9.27. The standard InChI is InChI=1S/C11H7F3N2O2S/c12-8-4-3-7(6-10(8)14)16-19(17,18)11-9(13)2-1-5-15-11/h1-6,16H. The second-order valence-electron chi connectivity index (χ2n) is 3.52. The van der Waals surface area contributed by atoms with E-state index in [1.54, 1.807) is 0 Å². The fourth-order valence-electron chi connectivity index (χ4n) is 1.33. The molecule has 0 fully saturated rings. The molecule has 8 heteroatoms. The van der Waals surface area contributed by atoms with Gasteiger partial charge in [0.15, 0.2) is 17.5 Å². The Morgan fingerprint density at radius 3 is 2.37 bits per heavy atom. The highest BCUT2D eigenvalue weighted by Gasteiger charge is 2.20. The first-order valence-electron chi connectivity index (χ1n) is 4.98. The molecule has 19 heavy (non-hydrogen) atoms. The molecule has 1 heterocycles. The molecule has 0 aliphatic carbocycles. The molecule has 0 atom stereocenters. The van der Waals surface area contributed by atoms with E-state index in [9.17, 15) is 21.6 Å². The van der Waals surface area contributed by atoms with E-state index in [0.717, 1.165) is 24.4 Å². The Balaban J connectivity index is 2.37. The fourth-order valence-corrected chi connectivity index (χ4v) is 2.39. The number of hydrogen-bond acceptors (Lipinski definition) is 3. The van der Waals surface area contributed by atoms with Crippen molar-refractivity contribution >= 4 is 15.7 Å². The summed E-state index contributed by atoms with van der Waals surface area (Å²) in [6.07, 6.45) is 1.10. The summed E-state index contributed by atoms with van der Waals surface area (Å²) in [5.74, 6) is -3.38. The lowest BCUT2D eigenvalue weighted by atomic mass is 10.3. The maximum atomic E-state index is 13.3. The highest BCUT2D eigenvalue weighted by Crippen LogP contribution is 2.18. The quantitative estimate of drug-likeness (QED) is 0.942. The molecule has 0 aliphatic heterocycles. The third-order valence-electron chi connectivity index (χ3n) is 2.15. The lowest BCUT2D eigenvalue weighted by molar-refractivity contribution is 0.509. The molecule has 1 N–H and O–H groups in total. The first-order valence-corrected chi connectivity index (χ1v) is 6.47. The van der Waals surface area contributed by atoms with Crippen LogP contribution in [0.5, 0.6) is 0 Å². The maximum Gasteiger partial charge on any atom is 0.282 e. The number of benzene rings is 1. The van der Waals surface area contributed by atoms with E-state index in [0.29, 0.717) is 6.07 Å². The van der Waals surface area contributed by atoms with Crippen LogP contribution in [-0.2, 0) is 10.0 Å². The van der Waals surface area contributed by atoms with Gasteiger partial charge >= 0.3 is 0 Å². The molecular formula is C11H7F3N2O2S. The molecule has 1 aromatic heterocycles. The lowest BCUT2D eigenvalue weighted by Gasteiger charge is -2.08. The van der Waals surface area contributed by atoms with Crippen molar-refractivity contribution in [3.8, 4) is 0 Å². The third kappa shape index (κ3) is 2.84. The molecule has 1 aromatic carbocycles. The van der Waals surface area contributed by atoms with Crippen LogP contribution in [0.1, 0.15) is 0 Å². The van der Waals surface area contributed by atoms with Crippen LogP contribution in [0.3, 0.4) is 0 Å². The minimum atomic E-state index is -4.30. The van der Waals surface area contributed by atoms with E-state index in [1.807, 2.05) is 4.72 Å². The third-order valence-corrected chi connectivity index (χ3v) is 3.47. The highest BCUT2D eigenvalue weighted by atomic mass is 32.2. The largest absolute Gasteiger partial charge is 0.282 e. The van der Waals surface area contributed by atoms with Gasteiger partial charge in [0.1, 0.15) is 0 Å². The van der Waals surface area contributed by atoms with Gasteiger partial charge in [0, 0.05) is 12.3 Å². The van der Waals surface area contributed by atoms with E-state index < -0.39 is 32.5 Å². The molecule has 0 aliphatic rings.